The van der Waals surface area contributed by atoms with Gasteiger partial charge in [-0.25, -0.2) is 13.6 Å². The highest BCUT2D eigenvalue weighted by molar-refractivity contribution is 7.88. The summed E-state index contributed by atoms with van der Waals surface area (Å²) < 4.78 is 21.9. The number of rotatable bonds is 2. The average Bonchev–Trinajstić information content (AvgIpc) is 2.49. The summed E-state index contributed by atoms with van der Waals surface area (Å²) in [7, 11) is -3.46. The molecule has 0 saturated heterocycles. The molecule has 0 atom stereocenters. The third kappa shape index (κ3) is 1.78. The number of H-pyrrole nitrogens is 1. The van der Waals surface area contributed by atoms with E-state index in [4.69, 9.17) is 5.14 Å². The van der Waals surface area contributed by atoms with E-state index < -0.39 is 10.0 Å². The fourth-order valence-electron chi connectivity index (χ4n) is 1.49. The smallest absolute Gasteiger partial charge is 0.213 e. The fraction of sp³-hybridized carbons (Fsp3) is 0.111. The lowest BCUT2D eigenvalue weighted by Crippen LogP contribution is -2.14. The molecule has 14 heavy (non-hydrogen) atoms. The number of nitrogens with one attached hydrogen (secondary N) is 1. The van der Waals surface area contributed by atoms with Crippen LogP contribution in [0.3, 0.4) is 0 Å². The minimum Gasteiger partial charge on any atom is -0.361 e. The highest BCUT2D eigenvalue weighted by Crippen LogP contribution is 2.18. The van der Waals surface area contributed by atoms with E-state index in [0.717, 1.165) is 16.5 Å². The van der Waals surface area contributed by atoms with Crippen molar-refractivity contribution in [2.24, 2.45) is 5.14 Å². The summed E-state index contributed by atoms with van der Waals surface area (Å²) in [5.74, 6) is -0.123. The largest absolute Gasteiger partial charge is 0.361 e. The molecule has 0 amide bonds. The molecule has 2 aromatic rings. The van der Waals surface area contributed by atoms with Crippen LogP contribution >= 0.6 is 0 Å². The van der Waals surface area contributed by atoms with Crippen molar-refractivity contribution in [3.05, 3.63) is 36.0 Å². The van der Waals surface area contributed by atoms with E-state index in [0.29, 0.717) is 0 Å². The zero-order valence-corrected chi connectivity index (χ0v) is 8.21. The monoisotopic (exact) mass is 210 g/mol. The standard InChI is InChI=1S/C9H10N2O2S/c10-14(12,13)6-7-2-1-3-9-8(7)4-5-11-9/h1-5,11H,6H2,(H2,10,12,13). The number of benzene rings is 1. The van der Waals surface area contributed by atoms with Crippen LogP contribution in [0.5, 0.6) is 0 Å². The van der Waals surface area contributed by atoms with Gasteiger partial charge in [0.2, 0.25) is 10.0 Å². The summed E-state index contributed by atoms with van der Waals surface area (Å²) in [6, 6.07) is 7.30. The van der Waals surface area contributed by atoms with Crippen LogP contribution in [0.1, 0.15) is 5.56 Å². The van der Waals surface area contributed by atoms with Crippen LogP contribution in [0.2, 0.25) is 0 Å². The molecular formula is C9H10N2O2S. The summed E-state index contributed by atoms with van der Waals surface area (Å²) in [6.45, 7) is 0. The van der Waals surface area contributed by atoms with Crippen LogP contribution in [-0.4, -0.2) is 13.4 Å². The molecule has 74 valence electrons. The second-order valence-corrected chi connectivity index (χ2v) is 4.78. The van der Waals surface area contributed by atoms with Gasteiger partial charge in [0.25, 0.3) is 0 Å². The first kappa shape index (κ1) is 9.23. The number of hydrogen-bond acceptors (Lipinski definition) is 2. The minimum atomic E-state index is -3.46. The van der Waals surface area contributed by atoms with Gasteiger partial charge in [-0.15, -0.1) is 0 Å². The van der Waals surface area contributed by atoms with E-state index in [2.05, 4.69) is 4.98 Å². The van der Waals surface area contributed by atoms with Gasteiger partial charge in [0.05, 0.1) is 5.75 Å². The molecule has 5 heteroatoms. The molecule has 1 heterocycles. The molecule has 0 radical (unpaired) electrons. The number of primary sulfonamides is 1. The third-order valence-corrected chi connectivity index (χ3v) is 2.76. The maximum absolute atomic E-state index is 10.9. The Morgan fingerprint density at radius 2 is 2.07 bits per heavy atom. The van der Waals surface area contributed by atoms with Crippen molar-refractivity contribution < 1.29 is 8.42 Å². The average molecular weight is 210 g/mol. The molecular weight excluding hydrogens is 200 g/mol. The van der Waals surface area contributed by atoms with Crippen molar-refractivity contribution in [2.75, 3.05) is 0 Å². The van der Waals surface area contributed by atoms with E-state index in [1.807, 2.05) is 12.1 Å². The van der Waals surface area contributed by atoms with Gasteiger partial charge in [-0.3, -0.25) is 0 Å². The van der Waals surface area contributed by atoms with Gasteiger partial charge < -0.3 is 4.98 Å². The Morgan fingerprint density at radius 3 is 2.79 bits per heavy atom. The lowest BCUT2D eigenvalue weighted by atomic mass is 10.1. The van der Waals surface area contributed by atoms with Crippen molar-refractivity contribution >= 4 is 20.9 Å². The lowest BCUT2D eigenvalue weighted by molar-refractivity contribution is 0.597. The number of sulfonamides is 1. The van der Waals surface area contributed by atoms with Crippen molar-refractivity contribution in [1.82, 2.24) is 4.98 Å². The second kappa shape index (κ2) is 3.11. The van der Waals surface area contributed by atoms with Gasteiger partial charge in [-0.2, -0.15) is 0 Å². The lowest BCUT2D eigenvalue weighted by Gasteiger charge is -2.00. The van der Waals surface area contributed by atoms with Crippen molar-refractivity contribution in [3.8, 4) is 0 Å². The van der Waals surface area contributed by atoms with Crippen LogP contribution in [-0.2, 0) is 15.8 Å². The number of aromatic amines is 1. The molecule has 0 spiro atoms. The van der Waals surface area contributed by atoms with Gasteiger partial charge in [0.15, 0.2) is 0 Å². The van der Waals surface area contributed by atoms with E-state index in [9.17, 15) is 8.42 Å². The van der Waals surface area contributed by atoms with Crippen molar-refractivity contribution in [2.45, 2.75) is 5.75 Å². The summed E-state index contributed by atoms with van der Waals surface area (Å²) in [5, 5.41) is 5.89. The van der Waals surface area contributed by atoms with Gasteiger partial charge in [-0.05, 0) is 17.7 Å². The molecule has 0 aliphatic carbocycles. The molecule has 2 rings (SSSR count). The molecule has 3 N–H and O–H groups in total. The Balaban J connectivity index is 2.57. The normalized spacial score (nSPS) is 12.1. The van der Waals surface area contributed by atoms with Crippen LogP contribution in [0.4, 0.5) is 0 Å². The van der Waals surface area contributed by atoms with Gasteiger partial charge in [0.1, 0.15) is 0 Å². The predicted molar refractivity (Wildman–Crippen MR) is 55.1 cm³/mol. The van der Waals surface area contributed by atoms with Gasteiger partial charge in [-0.1, -0.05) is 12.1 Å². The van der Waals surface area contributed by atoms with Crippen LogP contribution in [0.15, 0.2) is 30.5 Å². The molecule has 0 aliphatic heterocycles. The molecule has 0 fully saturated rings. The van der Waals surface area contributed by atoms with E-state index in [-0.39, 0.29) is 5.75 Å². The Labute approximate surface area is 81.8 Å². The highest BCUT2D eigenvalue weighted by atomic mass is 32.2. The molecule has 0 aliphatic rings. The maximum atomic E-state index is 10.9. The topological polar surface area (TPSA) is 76.0 Å². The summed E-state index contributed by atoms with van der Waals surface area (Å²) in [5.41, 5.74) is 1.65. The van der Waals surface area contributed by atoms with Crippen molar-refractivity contribution in [1.29, 1.82) is 0 Å². The zero-order chi connectivity index (χ0) is 10.2. The number of hydrogen-bond donors (Lipinski definition) is 2. The molecule has 1 aromatic heterocycles. The van der Waals surface area contributed by atoms with Crippen molar-refractivity contribution in [3.63, 3.8) is 0 Å². The second-order valence-electron chi connectivity index (χ2n) is 3.16. The molecule has 4 nitrogen and oxygen atoms in total. The summed E-state index contributed by atoms with van der Waals surface area (Å²) in [6.07, 6.45) is 1.78. The van der Waals surface area contributed by atoms with E-state index in [1.54, 1.807) is 18.3 Å². The zero-order valence-electron chi connectivity index (χ0n) is 7.40. The van der Waals surface area contributed by atoms with Gasteiger partial charge in [0, 0.05) is 17.1 Å². The Bertz CT molecular complexity index is 557. The van der Waals surface area contributed by atoms with E-state index in [1.165, 1.54) is 0 Å². The fourth-order valence-corrected chi connectivity index (χ4v) is 2.18. The Morgan fingerprint density at radius 1 is 1.29 bits per heavy atom. The third-order valence-electron chi connectivity index (χ3n) is 2.04. The minimum absolute atomic E-state index is 0.123. The Hall–Kier alpha value is -1.33. The van der Waals surface area contributed by atoms with Crippen LogP contribution < -0.4 is 5.14 Å². The van der Waals surface area contributed by atoms with E-state index >= 15 is 0 Å². The summed E-state index contributed by atoms with van der Waals surface area (Å²) >= 11 is 0. The Kier molecular flexibility index (Phi) is 2.05. The first-order chi connectivity index (χ1) is 6.56. The van der Waals surface area contributed by atoms with Crippen LogP contribution in [0, 0.1) is 0 Å². The molecule has 0 unspecified atom stereocenters. The van der Waals surface area contributed by atoms with Crippen LogP contribution in [0.25, 0.3) is 10.9 Å². The molecule has 1 aromatic carbocycles. The first-order valence-electron chi connectivity index (χ1n) is 4.12. The number of fused-ring (bicyclic) bond motifs is 1. The predicted octanol–water partition coefficient (Wildman–Crippen LogP) is 0.956. The first-order valence-corrected chi connectivity index (χ1v) is 5.83. The number of aromatic nitrogens is 1. The highest BCUT2D eigenvalue weighted by Gasteiger charge is 2.08. The quantitative estimate of drug-likeness (QED) is 0.774. The summed E-state index contributed by atoms with van der Waals surface area (Å²) in [4.78, 5) is 3.01. The van der Waals surface area contributed by atoms with Gasteiger partial charge >= 0.3 is 0 Å². The SMILES string of the molecule is NS(=O)(=O)Cc1cccc2[nH]ccc12. The maximum Gasteiger partial charge on any atom is 0.213 e. The number of nitrogens with two attached hydrogens (primary N) is 1. The molecule has 0 saturated carbocycles. The molecule has 0 bridgehead atoms.